The minimum absolute atomic E-state index is 0.0201. The molecule has 2 atom stereocenters. The summed E-state index contributed by atoms with van der Waals surface area (Å²) in [5.74, 6) is -1.59. The topological polar surface area (TPSA) is 107 Å². The van der Waals surface area contributed by atoms with Gasteiger partial charge < -0.3 is 15.5 Å². The van der Waals surface area contributed by atoms with Crippen LogP contribution in [0.3, 0.4) is 0 Å². The van der Waals surface area contributed by atoms with Crippen LogP contribution in [0.4, 0.5) is 4.79 Å². The largest absolute Gasteiger partial charge is 0.479 e. The van der Waals surface area contributed by atoms with Gasteiger partial charge in [0, 0.05) is 24.9 Å². The van der Waals surface area contributed by atoms with Crippen LogP contribution in [0.5, 0.6) is 0 Å². The van der Waals surface area contributed by atoms with E-state index < -0.39 is 23.1 Å². The third kappa shape index (κ3) is 3.69. The van der Waals surface area contributed by atoms with Crippen molar-refractivity contribution in [3.63, 3.8) is 0 Å². The van der Waals surface area contributed by atoms with Gasteiger partial charge in [-0.2, -0.15) is 0 Å². The van der Waals surface area contributed by atoms with Crippen molar-refractivity contribution >= 4 is 18.0 Å². The summed E-state index contributed by atoms with van der Waals surface area (Å²) in [5, 5.41) is 22.6. The van der Waals surface area contributed by atoms with E-state index in [1.165, 1.54) is 0 Å². The number of amides is 2. The number of nitrogens with zero attached hydrogens (tertiary/aromatic N) is 1. The van der Waals surface area contributed by atoms with Crippen molar-refractivity contribution in [2.45, 2.75) is 30.8 Å². The van der Waals surface area contributed by atoms with Gasteiger partial charge in [-0.3, -0.25) is 9.69 Å². The molecule has 2 amide bonds. The average molecular weight is 382 g/mol. The van der Waals surface area contributed by atoms with Crippen LogP contribution >= 0.6 is 0 Å². The Kier molecular flexibility index (Phi) is 5.09. The monoisotopic (exact) mass is 382 g/mol. The highest BCUT2D eigenvalue weighted by molar-refractivity contribution is 5.95. The fraction of sp³-hybridized carbons (Fsp3) is 0.286. The van der Waals surface area contributed by atoms with Crippen molar-refractivity contribution in [2.24, 2.45) is 0 Å². The molecule has 0 bridgehead atoms. The Labute approximate surface area is 162 Å². The van der Waals surface area contributed by atoms with Gasteiger partial charge in [0.2, 0.25) is 0 Å². The quantitative estimate of drug-likeness (QED) is 0.737. The van der Waals surface area contributed by atoms with E-state index in [0.29, 0.717) is 5.56 Å². The number of benzene rings is 2. The van der Waals surface area contributed by atoms with Gasteiger partial charge in [0.1, 0.15) is 5.54 Å². The minimum atomic E-state index is -1.66. The molecule has 1 heterocycles. The van der Waals surface area contributed by atoms with Crippen LogP contribution in [0.25, 0.3) is 0 Å². The van der Waals surface area contributed by atoms with Crippen molar-refractivity contribution in [3.05, 3.63) is 71.8 Å². The summed E-state index contributed by atoms with van der Waals surface area (Å²) in [5.41, 5.74) is -1.53. The van der Waals surface area contributed by atoms with E-state index in [0.717, 1.165) is 10.5 Å². The van der Waals surface area contributed by atoms with Gasteiger partial charge >= 0.3 is 12.1 Å². The Morgan fingerprint density at radius 2 is 1.57 bits per heavy atom. The molecule has 28 heavy (non-hydrogen) atoms. The molecule has 0 saturated carbocycles. The molecule has 2 aromatic carbocycles. The molecule has 0 spiro atoms. The van der Waals surface area contributed by atoms with Gasteiger partial charge in [-0.05, 0) is 24.6 Å². The molecule has 146 valence electrons. The molecule has 3 N–H and O–H groups in total. The van der Waals surface area contributed by atoms with Crippen LogP contribution in [0.2, 0.25) is 0 Å². The Bertz CT molecular complexity index is 886. The molecule has 1 aliphatic rings. The molecule has 2 unspecified atom stereocenters. The van der Waals surface area contributed by atoms with Gasteiger partial charge in [0.25, 0.3) is 5.91 Å². The van der Waals surface area contributed by atoms with Crippen molar-refractivity contribution in [1.29, 1.82) is 0 Å². The van der Waals surface area contributed by atoms with Crippen molar-refractivity contribution in [3.8, 4) is 0 Å². The second-order valence-electron chi connectivity index (χ2n) is 7.43. The molecule has 1 fully saturated rings. The van der Waals surface area contributed by atoms with E-state index in [-0.39, 0.29) is 25.3 Å². The zero-order chi connectivity index (χ0) is 20.4. The molecule has 7 heteroatoms. The van der Waals surface area contributed by atoms with E-state index in [2.05, 4.69) is 5.32 Å². The van der Waals surface area contributed by atoms with E-state index >= 15 is 0 Å². The first-order chi connectivity index (χ1) is 13.3. The standard InChI is InChI=1S/C21H22N2O5/c1-20(22-17(24)16-10-6-3-7-11-16)13-21(18(25)26,23(14-20)19(27)28)12-15-8-4-2-5-9-15/h2-11H,12-14H2,1H3,(H,22,24)(H,25,26)(H,27,28). The summed E-state index contributed by atoms with van der Waals surface area (Å²) in [6.45, 7) is 1.57. The lowest BCUT2D eigenvalue weighted by Crippen LogP contribution is -2.54. The Balaban J connectivity index is 1.92. The van der Waals surface area contributed by atoms with Crippen LogP contribution in [-0.2, 0) is 11.2 Å². The smallest absolute Gasteiger partial charge is 0.408 e. The number of nitrogens with one attached hydrogen (secondary N) is 1. The first-order valence-electron chi connectivity index (χ1n) is 8.91. The summed E-state index contributed by atoms with van der Waals surface area (Å²) in [6, 6.07) is 17.4. The molecule has 1 saturated heterocycles. The lowest BCUT2D eigenvalue weighted by atomic mass is 9.83. The van der Waals surface area contributed by atoms with E-state index in [1.807, 2.05) is 6.07 Å². The number of hydrogen-bond donors (Lipinski definition) is 3. The predicted molar refractivity (Wildman–Crippen MR) is 102 cm³/mol. The maximum atomic E-state index is 12.6. The molecule has 3 rings (SSSR count). The lowest BCUT2D eigenvalue weighted by Gasteiger charge is -2.32. The number of aliphatic carboxylic acids is 1. The SMILES string of the molecule is CC1(NC(=O)c2ccccc2)CN(C(=O)O)C(Cc2ccccc2)(C(=O)O)C1. The summed E-state index contributed by atoms with van der Waals surface area (Å²) in [6.07, 6.45) is -1.34. The molecule has 0 radical (unpaired) electrons. The predicted octanol–water partition coefficient (Wildman–Crippen LogP) is 2.62. The van der Waals surface area contributed by atoms with Gasteiger partial charge in [0.05, 0.1) is 5.54 Å². The van der Waals surface area contributed by atoms with E-state index in [9.17, 15) is 24.6 Å². The molecule has 0 aliphatic carbocycles. The number of carbonyl (C=O) groups excluding carboxylic acids is 1. The molecule has 1 aliphatic heterocycles. The highest BCUT2D eigenvalue weighted by Crippen LogP contribution is 2.39. The molecule has 2 aromatic rings. The van der Waals surface area contributed by atoms with Crippen molar-refractivity contribution in [1.82, 2.24) is 10.2 Å². The van der Waals surface area contributed by atoms with Gasteiger partial charge in [-0.25, -0.2) is 9.59 Å². The average Bonchev–Trinajstić information content (AvgIpc) is 2.97. The molecular formula is C21H22N2O5. The summed E-state index contributed by atoms with van der Waals surface area (Å²) >= 11 is 0. The summed E-state index contributed by atoms with van der Waals surface area (Å²) < 4.78 is 0. The zero-order valence-corrected chi connectivity index (χ0v) is 15.5. The number of carbonyl (C=O) groups is 3. The van der Waals surface area contributed by atoms with Crippen molar-refractivity contribution < 1.29 is 24.6 Å². The lowest BCUT2D eigenvalue weighted by molar-refractivity contribution is -0.148. The van der Waals surface area contributed by atoms with E-state index in [1.54, 1.807) is 61.5 Å². The maximum Gasteiger partial charge on any atom is 0.408 e. The zero-order valence-electron chi connectivity index (χ0n) is 15.5. The number of carboxylic acids is 1. The first kappa shape index (κ1) is 19.4. The second kappa shape index (κ2) is 7.34. The number of likely N-dealkylation sites (tertiary alicyclic amines) is 1. The third-order valence-corrected chi connectivity index (χ3v) is 5.13. The van der Waals surface area contributed by atoms with Gasteiger partial charge in [-0.15, -0.1) is 0 Å². The van der Waals surface area contributed by atoms with Crippen molar-refractivity contribution in [2.75, 3.05) is 6.54 Å². The summed E-state index contributed by atoms with van der Waals surface area (Å²) in [4.78, 5) is 37.7. The second-order valence-corrected chi connectivity index (χ2v) is 7.43. The Morgan fingerprint density at radius 3 is 2.11 bits per heavy atom. The van der Waals surface area contributed by atoms with Crippen LogP contribution in [0.15, 0.2) is 60.7 Å². The highest BCUT2D eigenvalue weighted by atomic mass is 16.4. The number of rotatable bonds is 5. The van der Waals surface area contributed by atoms with Crippen LogP contribution in [0.1, 0.15) is 29.3 Å². The third-order valence-electron chi connectivity index (χ3n) is 5.13. The van der Waals surface area contributed by atoms with Crippen LogP contribution in [-0.4, -0.2) is 50.7 Å². The molecule has 0 aromatic heterocycles. The van der Waals surface area contributed by atoms with Crippen LogP contribution < -0.4 is 5.32 Å². The fourth-order valence-corrected chi connectivity index (χ4v) is 3.93. The first-order valence-corrected chi connectivity index (χ1v) is 8.91. The Morgan fingerprint density at radius 1 is 1.00 bits per heavy atom. The number of hydrogen-bond acceptors (Lipinski definition) is 3. The fourth-order valence-electron chi connectivity index (χ4n) is 3.93. The molecule has 7 nitrogen and oxygen atoms in total. The normalized spacial score (nSPS) is 24.0. The van der Waals surface area contributed by atoms with Gasteiger partial charge in [-0.1, -0.05) is 48.5 Å². The Hall–Kier alpha value is -3.35. The maximum absolute atomic E-state index is 12.6. The molecular weight excluding hydrogens is 360 g/mol. The highest BCUT2D eigenvalue weighted by Gasteiger charge is 2.58. The number of carboxylic acid groups (broad SMARTS) is 2. The minimum Gasteiger partial charge on any atom is -0.479 e. The van der Waals surface area contributed by atoms with Gasteiger partial charge in [0.15, 0.2) is 0 Å². The van der Waals surface area contributed by atoms with Crippen LogP contribution in [0, 0.1) is 0 Å². The summed E-state index contributed by atoms with van der Waals surface area (Å²) in [7, 11) is 0. The van der Waals surface area contributed by atoms with E-state index in [4.69, 9.17) is 0 Å².